The standard InChI is InChI=1S/C26H34N8S.C24H26ClN7OS.C23H24FN7OS.C21H22ClN7OS/c1-6-33(7-2)11-8-12-34(26(27)35)30-16-21-15-24(25-17-29-18-32(25)5)31-23-13-19(3)20(9-10-28-4)14-22(21)23;1-27-6-3-17-9-19-18(12-29-32(24(26)34)14-16-4-7-33-8-5-16)10-22(23-13-28-15-31(23)2)30-21(19)11-20(17)25;1-26-5-3-16-7-18-17(10-28-31(23(25)33)12-15-4-6-32-13-15)8-21(22-11-27-14-30(22)2)29-20(18)9-19(16)24;1-13(30)11-29(21(23)31)26-9-15-7-19(20-10-25-12-28(20)3)27-18-8-17(22)14(4-5-24-2)6-16(15)18/h13-18H,6-12H2,1-3,5H3,(H2,27,35);9-13,15-16H,3-8,14H2,2H3,(H2,26,34);7-11,14-15H,3-6,12-13H2,2H3,(H2,25,33);6-10,12-13,30H,4-5,11H2,1,3H3,(H2,23,31)/b30-16+;29-12+;28-10+;26-9+. The van der Waals surface area contributed by atoms with E-state index >= 15 is 0 Å². The number of imidazole rings is 4. The SMILES string of the molecule is [C-]#[N+]CCc1cc2c(/C=N/N(CC(C)O)C(N)=S)cc(-c3cncn3C)nc2cc1Cl.[C-]#[N+]CCc1cc2c(/C=N/N(CC3CCOC3)C(N)=S)cc(-c3cncn3C)nc2cc1F.[C-]#[N+]CCc1cc2c(/C=N/N(CC3CCOCC3)C(N)=S)cc(-c3cncn3C)nc2cc1Cl.[C-]#[N+]CCc1cc2c(/C=N/N(CCCN(CC)CC)C(N)=S)cc(-c3cncn3C)nc2cc1C. The van der Waals surface area contributed by atoms with Crippen LogP contribution in [0.2, 0.25) is 10.0 Å². The molecule has 2 aliphatic heterocycles. The van der Waals surface area contributed by atoms with Crippen molar-refractivity contribution in [1.82, 2.24) is 83.1 Å². The second-order valence-electron chi connectivity index (χ2n) is 31.9. The van der Waals surface area contributed by atoms with Crippen molar-refractivity contribution in [2.24, 2.45) is 83.4 Å². The summed E-state index contributed by atoms with van der Waals surface area (Å²) in [7, 11) is 7.63. The molecular formula is C94H106Cl2FN29O3S4. The van der Waals surface area contributed by atoms with Crippen molar-refractivity contribution in [3.05, 3.63) is 234 Å². The number of aryl methyl sites for hydroxylation is 5. The van der Waals surface area contributed by atoms with Crippen LogP contribution < -0.4 is 22.9 Å². The first-order chi connectivity index (χ1) is 64.1. The number of aromatic nitrogens is 12. The zero-order valence-corrected chi connectivity index (χ0v) is 80.2. The van der Waals surface area contributed by atoms with Gasteiger partial charge in [-0.05, 0) is 209 Å². The van der Waals surface area contributed by atoms with Crippen LogP contribution in [0.4, 0.5) is 4.39 Å². The Balaban J connectivity index is 0.000000171. The number of benzene rings is 4. The van der Waals surface area contributed by atoms with Crippen LogP contribution in [0.3, 0.4) is 0 Å². The zero-order valence-electron chi connectivity index (χ0n) is 75.4. The van der Waals surface area contributed by atoms with Crippen LogP contribution in [-0.4, -0.2) is 238 Å². The normalized spacial score (nSPS) is 13.5. The number of nitrogens with two attached hydrogens (primary N) is 4. The fourth-order valence-electron chi connectivity index (χ4n) is 15.0. The molecule has 4 aromatic carbocycles. The van der Waals surface area contributed by atoms with Gasteiger partial charge in [-0.2, -0.15) is 20.4 Å². The van der Waals surface area contributed by atoms with Gasteiger partial charge in [-0.25, -0.2) is 90.6 Å². The number of hydrazone groups is 4. The molecule has 690 valence electrons. The van der Waals surface area contributed by atoms with Crippen LogP contribution in [0, 0.1) is 50.9 Å². The Morgan fingerprint density at radius 2 is 0.827 bits per heavy atom. The van der Waals surface area contributed by atoms with Gasteiger partial charge in [-0.15, -0.1) is 0 Å². The van der Waals surface area contributed by atoms with Crippen LogP contribution >= 0.6 is 72.1 Å². The first kappa shape index (κ1) is 101. The maximum atomic E-state index is 14.7. The fourth-order valence-corrected chi connectivity index (χ4v) is 16.0. The Bertz CT molecular complexity index is 6460. The molecule has 14 rings (SSSR count). The highest BCUT2D eigenvalue weighted by molar-refractivity contribution is 7.80. The minimum atomic E-state index is -0.656. The van der Waals surface area contributed by atoms with E-state index in [1.54, 1.807) is 103 Å². The summed E-state index contributed by atoms with van der Waals surface area (Å²) in [6.45, 7) is 45.7. The van der Waals surface area contributed by atoms with Crippen LogP contribution in [-0.2, 0) is 63.3 Å². The first-order valence-electron chi connectivity index (χ1n) is 43.1. The Hall–Kier alpha value is -12.9. The van der Waals surface area contributed by atoms with Gasteiger partial charge in [-0.1, -0.05) is 37.0 Å². The third-order valence-electron chi connectivity index (χ3n) is 22.4. The maximum Gasteiger partial charge on any atom is 0.218 e. The highest BCUT2D eigenvalue weighted by atomic mass is 35.5. The summed E-state index contributed by atoms with van der Waals surface area (Å²) in [5, 5.41) is 39.6. The predicted octanol–water partition coefficient (Wildman–Crippen LogP) is 14.2. The molecule has 9 N–H and O–H groups in total. The lowest BCUT2D eigenvalue weighted by Crippen LogP contribution is -2.36. The van der Waals surface area contributed by atoms with E-state index in [2.05, 4.69) is 103 Å². The second kappa shape index (κ2) is 49.0. The first-order valence-corrected chi connectivity index (χ1v) is 45.5. The second-order valence-corrected chi connectivity index (χ2v) is 34.4. The summed E-state index contributed by atoms with van der Waals surface area (Å²) >= 11 is 33.8. The summed E-state index contributed by atoms with van der Waals surface area (Å²) in [5.74, 6) is 0.345. The Kier molecular flexibility index (Phi) is 37.1. The van der Waals surface area contributed by atoms with Gasteiger partial charge in [0.2, 0.25) is 26.2 Å². The van der Waals surface area contributed by atoms with E-state index in [-0.39, 0.29) is 39.4 Å². The van der Waals surface area contributed by atoms with E-state index in [1.165, 1.54) is 11.1 Å². The van der Waals surface area contributed by atoms with E-state index < -0.39 is 6.10 Å². The van der Waals surface area contributed by atoms with E-state index in [4.69, 9.17) is 146 Å². The number of ether oxygens (including phenoxy) is 2. The van der Waals surface area contributed by atoms with E-state index in [0.717, 1.165) is 176 Å². The number of aliphatic hydroxyl groups is 1. The van der Waals surface area contributed by atoms with Crippen molar-refractivity contribution in [2.75, 3.05) is 98.4 Å². The van der Waals surface area contributed by atoms with E-state index in [9.17, 15) is 9.50 Å². The lowest BCUT2D eigenvalue weighted by atomic mass is 9.99. The molecule has 2 aliphatic rings. The number of hydrogen-bond acceptors (Lipinski definition) is 20. The Labute approximate surface area is 804 Å². The van der Waals surface area contributed by atoms with Crippen LogP contribution in [0.15, 0.2) is 143 Å². The van der Waals surface area contributed by atoms with Crippen molar-refractivity contribution in [3.8, 4) is 45.6 Å². The summed E-state index contributed by atoms with van der Waals surface area (Å²) in [4.78, 5) is 52.1. The molecule has 12 aromatic rings. The van der Waals surface area contributed by atoms with Crippen LogP contribution in [0.1, 0.15) is 96.5 Å². The van der Waals surface area contributed by atoms with Crippen LogP contribution in [0.25, 0.3) is 109 Å². The number of fused-ring (bicyclic) bond motifs is 4. The van der Waals surface area contributed by atoms with E-state index in [1.807, 2.05) is 95.1 Å². The molecule has 32 nitrogen and oxygen atoms in total. The lowest BCUT2D eigenvalue weighted by molar-refractivity contribution is 0.0600. The molecule has 2 saturated heterocycles. The number of halogens is 3. The molecule has 0 aliphatic carbocycles. The number of hydrogen-bond donors (Lipinski definition) is 5. The Morgan fingerprint density at radius 3 is 1.19 bits per heavy atom. The topological polar surface area (TPSA) is 349 Å². The molecule has 0 spiro atoms. The van der Waals surface area contributed by atoms with Crippen molar-refractivity contribution >= 4 is 161 Å². The van der Waals surface area contributed by atoms with Crippen LogP contribution in [0.5, 0.6) is 0 Å². The highest BCUT2D eigenvalue weighted by Gasteiger charge is 2.25. The number of nitrogens with zero attached hydrogens (tertiary/aromatic N) is 25. The van der Waals surface area contributed by atoms with Gasteiger partial charge in [0.1, 0.15) is 5.82 Å². The van der Waals surface area contributed by atoms with Gasteiger partial charge in [0.05, 0.1) is 162 Å². The van der Waals surface area contributed by atoms with Crippen molar-refractivity contribution < 1.29 is 19.0 Å². The van der Waals surface area contributed by atoms with Gasteiger partial charge >= 0.3 is 0 Å². The minimum Gasteiger partial charge on any atom is -0.391 e. The molecule has 133 heavy (non-hydrogen) atoms. The minimum absolute atomic E-state index is 0.0585. The smallest absolute Gasteiger partial charge is 0.218 e. The maximum absolute atomic E-state index is 14.7. The molecule has 0 saturated carbocycles. The molecule has 39 heteroatoms. The van der Waals surface area contributed by atoms with Gasteiger partial charge in [0, 0.05) is 159 Å². The van der Waals surface area contributed by atoms with Gasteiger partial charge < -0.3 is 80.1 Å². The molecule has 8 aromatic heterocycles. The fraction of sp³-hybridized carbons (Fsp3) is 0.362. The molecule has 0 radical (unpaired) electrons. The van der Waals surface area contributed by atoms with Gasteiger partial charge in [-0.3, -0.25) is 0 Å². The third-order valence-corrected chi connectivity index (χ3v) is 23.9. The number of pyridine rings is 4. The number of aliphatic hydroxyl groups excluding tert-OH is 1. The van der Waals surface area contributed by atoms with Crippen molar-refractivity contribution in [3.63, 3.8) is 0 Å². The summed E-state index contributed by atoms with van der Waals surface area (Å²) in [6.07, 6.45) is 26.0. The lowest BCUT2D eigenvalue weighted by Gasteiger charge is -2.26. The highest BCUT2D eigenvalue weighted by Crippen LogP contribution is 2.34. The van der Waals surface area contributed by atoms with Gasteiger partial charge in [0.15, 0.2) is 20.4 Å². The molecular weight excluding hydrogens is 1800 g/mol. The van der Waals surface area contributed by atoms with Crippen molar-refractivity contribution in [1.29, 1.82) is 0 Å². The monoisotopic (exact) mass is 1910 g/mol. The number of thiocarbonyl (C=S) groups is 4. The average molecular weight is 1910 g/mol. The molecule has 2 unspecified atom stereocenters. The molecule has 2 fully saturated rings. The zero-order chi connectivity index (χ0) is 95.4. The quantitative estimate of drug-likeness (QED) is 0.0113. The Morgan fingerprint density at radius 1 is 0.489 bits per heavy atom. The summed E-state index contributed by atoms with van der Waals surface area (Å²) in [5.41, 5.74) is 40.6. The number of rotatable bonds is 32. The molecule has 10 heterocycles. The predicted molar refractivity (Wildman–Crippen MR) is 542 cm³/mol. The summed E-state index contributed by atoms with van der Waals surface area (Å²) in [6, 6.07) is 22.7. The largest absolute Gasteiger partial charge is 0.391 e. The van der Waals surface area contributed by atoms with E-state index in [0.29, 0.717) is 121 Å². The molecule has 0 amide bonds. The summed E-state index contributed by atoms with van der Waals surface area (Å²) < 4.78 is 33.2. The average Bonchev–Trinajstić information content (AvgIpc) is 1.64. The molecule has 0 bridgehead atoms. The van der Waals surface area contributed by atoms with Gasteiger partial charge in [0.25, 0.3) is 0 Å². The molecule has 2 atom stereocenters. The third kappa shape index (κ3) is 27.4. The van der Waals surface area contributed by atoms with Crippen molar-refractivity contribution in [2.45, 2.75) is 85.2 Å².